The van der Waals surface area contributed by atoms with Crippen LogP contribution in [-0.4, -0.2) is 29.1 Å². The van der Waals surface area contributed by atoms with Crippen LogP contribution in [0.25, 0.3) is 0 Å². The second kappa shape index (κ2) is 6.07. The molecule has 1 aromatic rings. The summed E-state index contributed by atoms with van der Waals surface area (Å²) in [4.78, 5) is 12.0. The van der Waals surface area contributed by atoms with Crippen molar-refractivity contribution >= 4 is 29.1 Å². The summed E-state index contributed by atoms with van der Waals surface area (Å²) in [6.07, 6.45) is -0.859. The van der Waals surface area contributed by atoms with E-state index in [1.54, 1.807) is 12.1 Å². The number of alkyl halides is 2. The topological polar surface area (TPSA) is 49.3 Å². The molecule has 21 heavy (non-hydrogen) atoms. The van der Waals surface area contributed by atoms with Crippen molar-refractivity contribution in [1.82, 2.24) is 5.32 Å². The quantitative estimate of drug-likeness (QED) is 0.884. The minimum Gasteiger partial charge on any atom is -0.388 e. The zero-order valence-corrected chi connectivity index (χ0v) is 12.6. The SMILES string of the molecule is O=C(NCC1(O)CCC(F)(F)CC1)c1cccc(Cl)c1Cl. The van der Waals surface area contributed by atoms with Crippen molar-refractivity contribution in [1.29, 1.82) is 0 Å². The highest BCUT2D eigenvalue weighted by Crippen LogP contribution is 2.38. The number of benzene rings is 1. The smallest absolute Gasteiger partial charge is 0.252 e. The molecule has 1 fully saturated rings. The first-order valence-electron chi connectivity index (χ1n) is 6.55. The van der Waals surface area contributed by atoms with Gasteiger partial charge in [-0.25, -0.2) is 8.78 Å². The summed E-state index contributed by atoms with van der Waals surface area (Å²) in [5.74, 6) is -3.22. The van der Waals surface area contributed by atoms with Crippen molar-refractivity contribution in [3.8, 4) is 0 Å². The molecular weight excluding hydrogens is 323 g/mol. The summed E-state index contributed by atoms with van der Waals surface area (Å²) in [6.45, 7) is -0.0925. The lowest BCUT2D eigenvalue weighted by atomic mass is 9.82. The van der Waals surface area contributed by atoms with Crippen molar-refractivity contribution in [2.24, 2.45) is 0 Å². The molecule has 1 aliphatic rings. The number of nitrogens with one attached hydrogen (secondary N) is 1. The van der Waals surface area contributed by atoms with E-state index in [4.69, 9.17) is 23.2 Å². The fraction of sp³-hybridized carbons (Fsp3) is 0.500. The van der Waals surface area contributed by atoms with Crippen LogP contribution in [0.1, 0.15) is 36.0 Å². The van der Waals surface area contributed by atoms with Gasteiger partial charge in [0.1, 0.15) is 0 Å². The molecule has 0 unspecified atom stereocenters. The number of carbonyl (C=O) groups excluding carboxylic acids is 1. The first-order chi connectivity index (χ1) is 9.72. The fourth-order valence-electron chi connectivity index (χ4n) is 2.28. The van der Waals surface area contributed by atoms with E-state index < -0.39 is 17.4 Å². The molecule has 116 valence electrons. The molecule has 2 N–H and O–H groups in total. The van der Waals surface area contributed by atoms with Gasteiger partial charge < -0.3 is 10.4 Å². The molecule has 0 radical (unpaired) electrons. The molecule has 0 aromatic heterocycles. The van der Waals surface area contributed by atoms with Gasteiger partial charge in [0.05, 0.1) is 21.2 Å². The molecule has 0 heterocycles. The Kier molecular flexibility index (Phi) is 4.76. The number of aliphatic hydroxyl groups is 1. The second-order valence-corrected chi connectivity index (χ2v) is 6.15. The van der Waals surface area contributed by atoms with Gasteiger partial charge in [-0.15, -0.1) is 0 Å². The molecule has 0 atom stereocenters. The predicted molar refractivity (Wildman–Crippen MR) is 77.2 cm³/mol. The van der Waals surface area contributed by atoms with E-state index in [1.807, 2.05) is 0 Å². The van der Waals surface area contributed by atoms with Crippen LogP contribution in [-0.2, 0) is 0 Å². The zero-order valence-electron chi connectivity index (χ0n) is 11.1. The average molecular weight is 338 g/mol. The number of carbonyl (C=O) groups is 1. The van der Waals surface area contributed by atoms with E-state index in [9.17, 15) is 18.7 Å². The Morgan fingerprint density at radius 1 is 1.24 bits per heavy atom. The molecule has 1 saturated carbocycles. The summed E-state index contributed by atoms with van der Waals surface area (Å²) in [5.41, 5.74) is -1.11. The van der Waals surface area contributed by atoms with Gasteiger partial charge in [0.15, 0.2) is 0 Å². The average Bonchev–Trinajstić information content (AvgIpc) is 2.43. The summed E-state index contributed by atoms with van der Waals surface area (Å²) in [6, 6.07) is 4.64. The van der Waals surface area contributed by atoms with E-state index in [0.29, 0.717) is 0 Å². The molecule has 0 saturated heterocycles. The van der Waals surface area contributed by atoms with Crippen molar-refractivity contribution in [3.05, 3.63) is 33.8 Å². The lowest BCUT2D eigenvalue weighted by Crippen LogP contribution is -2.47. The van der Waals surface area contributed by atoms with E-state index >= 15 is 0 Å². The van der Waals surface area contributed by atoms with Gasteiger partial charge in [0, 0.05) is 19.4 Å². The standard InChI is InChI=1S/C14H15Cl2F2NO2/c15-10-3-1-2-9(11(10)16)12(20)19-8-13(21)4-6-14(17,18)7-5-13/h1-3,21H,4-8H2,(H,19,20). The highest BCUT2D eigenvalue weighted by molar-refractivity contribution is 6.43. The number of rotatable bonds is 3. The van der Waals surface area contributed by atoms with Gasteiger partial charge in [-0.1, -0.05) is 29.3 Å². The van der Waals surface area contributed by atoms with Gasteiger partial charge in [-0.2, -0.15) is 0 Å². The fourth-order valence-corrected chi connectivity index (χ4v) is 2.66. The van der Waals surface area contributed by atoms with Crippen LogP contribution in [0.2, 0.25) is 10.0 Å². The third kappa shape index (κ3) is 4.05. The Labute approximate surface area is 131 Å². The van der Waals surface area contributed by atoms with Crippen LogP contribution in [0.15, 0.2) is 18.2 Å². The van der Waals surface area contributed by atoms with Gasteiger partial charge >= 0.3 is 0 Å². The Bertz CT molecular complexity index is 542. The molecule has 0 aliphatic heterocycles. The molecule has 0 bridgehead atoms. The lowest BCUT2D eigenvalue weighted by Gasteiger charge is -2.35. The molecule has 1 amide bonds. The van der Waals surface area contributed by atoms with E-state index in [2.05, 4.69) is 5.32 Å². The Balaban J connectivity index is 1.97. The van der Waals surface area contributed by atoms with Crippen molar-refractivity contribution in [2.45, 2.75) is 37.2 Å². The van der Waals surface area contributed by atoms with Crippen LogP contribution in [0, 0.1) is 0 Å². The van der Waals surface area contributed by atoms with Crippen molar-refractivity contribution in [2.75, 3.05) is 6.54 Å². The number of amides is 1. The maximum Gasteiger partial charge on any atom is 0.252 e. The van der Waals surface area contributed by atoms with Crippen LogP contribution >= 0.6 is 23.2 Å². The largest absolute Gasteiger partial charge is 0.388 e. The maximum absolute atomic E-state index is 13.1. The summed E-state index contributed by atoms with van der Waals surface area (Å²) in [5, 5.41) is 13.1. The summed E-state index contributed by atoms with van der Waals surface area (Å²) in [7, 11) is 0. The Morgan fingerprint density at radius 3 is 2.48 bits per heavy atom. The number of halogens is 4. The van der Waals surface area contributed by atoms with E-state index in [-0.39, 0.29) is 47.8 Å². The van der Waals surface area contributed by atoms with Gasteiger partial charge in [0.25, 0.3) is 5.91 Å². The van der Waals surface area contributed by atoms with Crippen LogP contribution in [0.3, 0.4) is 0 Å². The third-order valence-corrected chi connectivity index (χ3v) is 4.51. The van der Waals surface area contributed by atoms with E-state index in [1.165, 1.54) is 6.07 Å². The van der Waals surface area contributed by atoms with Gasteiger partial charge in [0.2, 0.25) is 5.92 Å². The van der Waals surface area contributed by atoms with E-state index in [0.717, 1.165) is 0 Å². The minimum atomic E-state index is -2.73. The first-order valence-corrected chi connectivity index (χ1v) is 7.30. The molecule has 2 rings (SSSR count). The molecule has 7 heteroatoms. The second-order valence-electron chi connectivity index (χ2n) is 5.36. The Morgan fingerprint density at radius 2 is 1.86 bits per heavy atom. The summed E-state index contributed by atoms with van der Waals surface area (Å²) >= 11 is 11.7. The molecular formula is C14H15Cl2F2NO2. The van der Waals surface area contributed by atoms with Crippen LogP contribution in [0.5, 0.6) is 0 Å². The van der Waals surface area contributed by atoms with Crippen molar-refractivity contribution in [3.63, 3.8) is 0 Å². The van der Waals surface area contributed by atoms with Gasteiger partial charge in [-0.05, 0) is 25.0 Å². The Hall–Kier alpha value is -0.910. The minimum absolute atomic E-state index is 0.0520. The van der Waals surface area contributed by atoms with Crippen LogP contribution < -0.4 is 5.32 Å². The molecule has 1 aromatic carbocycles. The summed E-state index contributed by atoms with van der Waals surface area (Å²) < 4.78 is 26.2. The highest BCUT2D eigenvalue weighted by Gasteiger charge is 2.42. The zero-order chi connectivity index (χ0) is 15.7. The third-order valence-electron chi connectivity index (χ3n) is 3.69. The maximum atomic E-state index is 13.1. The van der Waals surface area contributed by atoms with Crippen molar-refractivity contribution < 1.29 is 18.7 Å². The van der Waals surface area contributed by atoms with Crippen LogP contribution in [0.4, 0.5) is 8.78 Å². The highest BCUT2D eigenvalue weighted by atomic mass is 35.5. The number of hydrogen-bond donors (Lipinski definition) is 2. The normalized spacial score (nSPS) is 20.0. The molecule has 1 aliphatic carbocycles. The molecule has 0 spiro atoms. The molecule has 3 nitrogen and oxygen atoms in total. The monoisotopic (exact) mass is 337 g/mol. The van der Waals surface area contributed by atoms with Gasteiger partial charge in [-0.3, -0.25) is 4.79 Å². The first kappa shape index (κ1) is 16.5. The predicted octanol–water partition coefficient (Wildman–Crippen LogP) is 3.66. The lowest BCUT2D eigenvalue weighted by molar-refractivity contribution is -0.101. The number of hydrogen-bond acceptors (Lipinski definition) is 2.